The molecule has 0 aliphatic carbocycles. The number of nitrogens with zero attached hydrogens (tertiary/aromatic N) is 1. The zero-order valence-corrected chi connectivity index (χ0v) is 6.99. The molecule has 1 fully saturated rings. The van der Waals surface area contributed by atoms with Crippen molar-refractivity contribution in [3.63, 3.8) is 0 Å². The molecule has 11 heavy (non-hydrogen) atoms. The van der Waals surface area contributed by atoms with Crippen LogP contribution in [-0.2, 0) is 0 Å². The molecule has 0 bridgehead atoms. The second-order valence-corrected chi connectivity index (χ2v) is 3.22. The summed E-state index contributed by atoms with van der Waals surface area (Å²) in [7, 11) is 0. The SMILES string of the molecule is C[C@@H]1[C@@H](C)N1c1ccccc1. The lowest BCUT2D eigenvalue weighted by Gasteiger charge is -2.02. The maximum Gasteiger partial charge on any atom is 0.0466 e. The number of anilines is 1. The van der Waals surface area contributed by atoms with Gasteiger partial charge >= 0.3 is 0 Å². The van der Waals surface area contributed by atoms with Crippen LogP contribution in [0, 0.1) is 0 Å². The number of para-hydroxylation sites is 1. The Bertz CT molecular complexity index is 234. The van der Waals surface area contributed by atoms with Crippen molar-refractivity contribution >= 4 is 5.69 Å². The van der Waals surface area contributed by atoms with Crippen LogP contribution in [0.4, 0.5) is 5.69 Å². The molecular weight excluding hydrogens is 134 g/mol. The van der Waals surface area contributed by atoms with Gasteiger partial charge in [-0.05, 0) is 26.0 Å². The van der Waals surface area contributed by atoms with Crippen LogP contribution < -0.4 is 4.90 Å². The van der Waals surface area contributed by atoms with Gasteiger partial charge in [-0.15, -0.1) is 0 Å². The molecule has 1 aliphatic heterocycles. The van der Waals surface area contributed by atoms with Gasteiger partial charge in [-0.1, -0.05) is 18.2 Å². The van der Waals surface area contributed by atoms with Gasteiger partial charge in [-0.3, -0.25) is 0 Å². The Morgan fingerprint density at radius 1 is 1.00 bits per heavy atom. The average Bonchev–Trinajstić information content (AvgIpc) is 2.62. The highest BCUT2D eigenvalue weighted by Gasteiger charge is 2.39. The van der Waals surface area contributed by atoms with Gasteiger partial charge in [-0.25, -0.2) is 0 Å². The van der Waals surface area contributed by atoms with Crippen LogP contribution in [0.25, 0.3) is 0 Å². The van der Waals surface area contributed by atoms with Crippen molar-refractivity contribution in [1.29, 1.82) is 0 Å². The summed E-state index contributed by atoms with van der Waals surface area (Å²) in [4.78, 5) is 2.42. The summed E-state index contributed by atoms with van der Waals surface area (Å²) in [5.41, 5.74) is 1.35. The minimum Gasteiger partial charge on any atom is -0.362 e. The van der Waals surface area contributed by atoms with E-state index in [0.717, 1.165) is 12.1 Å². The Balaban J connectivity index is 2.20. The number of rotatable bonds is 1. The Labute approximate surface area is 67.6 Å². The topological polar surface area (TPSA) is 3.01 Å². The minimum atomic E-state index is 0.734. The second kappa shape index (κ2) is 2.26. The molecule has 0 aromatic heterocycles. The van der Waals surface area contributed by atoms with Crippen LogP contribution in [0.2, 0.25) is 0 Å². The van der Waals surface area contributed by atoms with Crippen LogP contribution in [0.3, 0.4) is 0 Å². The molecule has 0 spiro atoms. The van der Waals surface area contributed by atoms with Crippen molar-refractivity contribution in [2.45, 2.75) is 25.9 Å². The summed E-state index contributed by atoms with van der Waals surface area (Å²) in [6.07, 6.45) is 0. The van der Waals surface area contributed by atoms with Gasteiger partial charge in [0.2, 0.25) is 0 Å². The van der Waals surface area contributed by atoms with E-state index >= 15 is 0 Å². The molecule has 0 saturated carbocycles. The van der Waals surface area contributed by atoms with E-state index in [1.807, 2.05) is 0 Å². The first-order valence-corrected chi connectivity index (χ1v) is 4.14. The molecular formula is C10H13N. The van der Waals surface area contributed by atoms with Gasteiger partial charge < -0.3 is 4.90 Å². The van der Waals surface area contributed by atoms with Crippen molar-refractivity contribution in [2.75, 3.05) is 4.90 Å². The van der Waals surface area contributed by atoms with E-state index in [2.05, 4.69) is 49.1 Å². The molecule has 1 heterocycles. The molecule has 1 saturated heterocycles. The largest absolute Gasteiger partial charge is 0.362 e. The molecule has 2 rings (SSSR count). The van der Waals surface area contributed by atoms with Gasteiger partial charge in [0.1, 0.15) is 0 Å². The van der Waals surface area contributed by atoms with Crippen LogP contribution in [0.5, 0.6) is 0 Å². The molecule has 1 aromatic carbocycles. The summed E-state index contributed by atoms with van der Waals surface area (Å²) in [6, 6.07) is 12.0. The predicted octanol–water partition coefficient (Wildman–Crippen LogP) is 2.28. The molecule has 0 amide bonds. The quantitative estimate of drug-likeness (QED) is 0.551. The van der Waals surface area contributed by atoms with Gasteiger partial charge in [-0.2, -0.15) is 0 Å². The van der Waals surface area contributed by atoms with E-state index in [-0.39, 0.29) is 0 Å². The van der Waals surface area contributed by atoms with E-state index in [0.29, 0.717) is 0 Å². The van der Waals surface area contributed by atoms with Gasteiger partial charge in [0.25, 0.3) is 0 Å². The average molecular weight is 147 g/mol. The van der Waals surface area contributed by atoms with Crippen LogP contribution in [0.15, 0.2) is 30.3 Å². The fraction of sp³-hybridized carbons (Fsp3) is 0.400. The van der Waals surface area contributed by atoms with Crippen molar-refractivity contribution in [3.8, 4) is 0 Å². The van der Waals surface area contributed by atoms with E-state index in [9.17, 15) is 0 Å². The normalized spacial score (nSPS) is 28.7. The van der Waals surface area contributed by atoms with Crippen molar-refractivity contribution < 1.29 is 0 Å². The molecule has 1 heteroatoms. The third-order valence-electron chi connectivity index (χ3n) is 2.54. The van der Waals surface area contributed by atoms with Crippen LogP contribution >= 0.6 is 0 Å². The highest BCUT2D eigenvalue weighted by molar-refractivity contribution is 5.55. The fourth-order valence-electron chi connectivity index (χ4n) is 1.57. The first kappa shape index (κ1) is 6.71. The minimum absolute atomic E-state index is 0.734. The molecule has 1 aliphatic rings. The molecule has 1 aromatic rings. The maximum absolute atomic E-state index is 2.42. The first-order chi connectivity index (χ1) is 5.30. The summed E-state index contributed by atoms with van der Waals surface area (Å²) in [5, 5.41) is 0. The lowest BCUT2D eigenvalue weighted by atomic mass is 10.3. The zero-order chi connectivity index (χ0) is 7.84. The Morgan fingerprint density at radius 2 is 1.55 bits per heavy atom. The summed E-state index contributed by atoms with van der Waals surface area (Å²) in [5.74, 6) is 0. The Hall–Kier alpha value is -0.980. The number of hydrogen-bond donors (Lipinski definition) is 0. The lowest BCUT2D eigenvalue weighted by molar-refractivity contribution is 1.05. The van der Waals surface area contributed by atoms with E-state index < -0.39 is 0 Å². The third-order valence-corrected chi connectivity index (χ3v) is 2.54. The molecule has 2 atom stereocenters. The van der Waals surface area contributed by atoms with E-state index in [1.165, 1.54) is 5.69 Å². The highest BCUT2D eigenvalue weighted by atomic mass is 15.3. The third kappa shape index (κ3) is 1.01. The second-order valence-electron chi connectivity index (χ2n) is 3.22. The van der Waals surface area contributed by atoms with Gasteiger partial charge in [0, 0.05) is 17.8 Å². The van der Waals surface area contributed by atoms with Crippen LogP contribution in [-0.4, -0.2) is 12.1 Å². The first-order valence-electron chi connectivity index (χ1n) is 4.14. The van der Waals surface area contributed by atoms with Gasteiger partial charge in [0.05, 0.1) is 0 Å². The monoisotopic (exact) mass is 147 g/mol. The summed E-state index contributed by atoms with van der Waals surface area (Å²) < 4.78 is 0. The molecule has 1 nitrogen and oxygen atoms in total. The number of hydrogen-bond acceptors (Lipinski definition) is 1. The summed E-state index contributed by atoms with van der Waals surface area (Å²) in [6.45, 7) is 4.52. The van der Waals surface area contributed by atoms with Crippen molar-refractivity contribution in [2.24, 2.45) is 0 Å². The van der Waals surface area contributed by atoms with E-state index in [1.54, 1.807) is 0 Å². The highest BCUT2D eigenvalue weighted by Crippen LogP contribution is 2.33. The molecule has 0 unspecified atom stereocenters. The molecule has 0 radical (unpaired) electrons. The van der Waals surface area contributed by atoms with Crippen molar-refractivity contribution in [1.82, 2.24) is 0 Å². The van der Waals surface area contributed by atoms with E-state index in [4.69, 9.17) is 0 Å². The lowest BCUT2D eigenvalue weighted by Crippen LogP contribution is -1.95. The predicted molar refractivity (Wildman–Crippen MR) is 47.8 cm³/mol. The standard InChI is InChI=1S/C10H13N/c1-8-9(2)11(8)10-6-4-3-5-7-10/h3-9H,1-2H3/t8-,9-/m1/s1. The molecule has 58 valence electrons. The van der Waals surface area contributed by atoms with Crippen LogP contribution in [0.1, 0.15) is 13.8 Å². The number of benzene rings is 1. The Morgan fingerprint density at radius 3 is 2.00 bits per heavy atom. The summed E-state index contributed by atoms with van der Waals surface area (Å²) >= 11 is 0. The van der Waals surface area contributed by atoms with Crippen molar-refractivity contribution in [3.05, 3.63) is 30.3 Å². The Kier molecular flexibility index (Phi) is 1.38. The smallest absolute Gasteiger partial charge is 0.0466 e. The maximum atomic E-state index is 2.42. The van der Waals surface area contributed by atoms with Gasteiger partial charge in [0.15, 0.2) is 0 Å². The zero-order valence-electron chi connectivity index (χ0n) is 6.99. The molecule has 0 N–H and O–H groups in total. The fourth-order valence-corrected chi connectivity index (χ4v) is 1.57.